The summed E-state index contributed by atoms with van der Waals surface area (Å²) < 4.78 is 11.0. The second-order valence-electron chi connectivity index (χ2n) is 6.58. The molecule has 29 heavy (non-hydrogen) atoms. The van der Waals surface area contributed by atoms with Crippen molar-refractivity contribution < 1.29 is 14.1 Å². The van der Waals surface area contributed by atoms with Gasteiger partial charge in [0.25, 0.3) is 5.91 Å². The highest BCUT2D eigenvalue weighted by molar-refractivity contribution is 5.84. The van der Waals surface area contributed by atoms with E-state index in [-0.39, 0.29) is 19.1 Å². The van der Waals surface area contributed by atoms with Gasteiger partial charge in [0.1, 0.15) is 12.3 Å². The van der Waals surface area contributed by atoms with Crippen molar-refractivity contribution in [3.05, 3.63) is 78.7 Å². The number of hydrogen-bond donors (Lipinski definition) is 0. The Bertz CT molecular complexity index is 1110. The molecule has 3 aromatic carbocycles. The van der Waals surface area contributed by atoms with E-state index in [9.17, 15) is 4.79 Å². The van der Waals surface area contributed by atoms with Crippen LogP contribution in [0.15, 0.2) is 77.3 Å². The lowest BCUT2D eigenvalue weighted by atomic mass is 10.1. The van der Waals surface area contributed by atoms with Gasteiger partial charge in [-0.3, -0.25) is 4.79 Å². The van der Waals surface area contributed by atoms with Crippen LogP contribution in [0.1, 0.15) is 12.8 Å². The second-order valence-corrected chi connectivity index (χ2v) is 6.58. The summed E-state index contributed by atoms with van der Waals surface area (Å²) in [6, 6.07) is 23.4. The molecular formula is C23H21N3O3. The van der Waals surface area contributed by atoms with Gasteiger partial charge in [-0.05, 0) is 29.8 Å². The molecule has 1 amide bonds. The fourth-order valence-corrected chi connectivity index (χ4v) is 3.06. The molecule has 0 unspecified atom stereocenters. The molecule has 0 aliphatic heterocycles. The number of hydrogen-bond acceptors (Lipinski definition) is 5. The molecule has 0 fully saturated rings. The molecular weight excluding hydrogens is 366 g/mol. The molecule has 6 heteroatoms. The van der Waals surface area contributed by atoms with Crippen LogP contribution in [0.25, 0.3) is 22.2 Å². The first-order chi connectivity index (χ1) is 14.2. The van der Waals surface area contributed by atoms with Crippen LogP contribution in [0.3, 0.4) is 0 Å². The van der Waals surface area contributed by atoms with Crippen LogP contribution in [-0.2, 0) is 11.3 Å². The van der Waals surface area contributed by atoms with E-state index < -0.39 is 0 Å². The van der Waals surface area contributed by atoms with E-state index in [4.69, 9.17) is 9.26 Å². The number of nitrogens with zero attached hydrogens (tertiary/aromatic N) is 3. The topological polar surface area (TPSA) is 68.5 Å². The summed E-state index contributed by atoms with van der Waals surface area (Å²) in [5.41, 5.74) is 0.872. The van der Waals surface area contributed by atoms with Crippen LogP contribution < -0.4 is 4.74 Å². The lowest BCUT2D eigenvalue weighted by Crippen LogP contribution is -2.34. The maximum Gasteiger partial charge on any atom is 0.260 e. The van der Waals surface area contributed by atoms with E-state index in [0.717, 1.165) is 16.3 Å². The zero-order valence-electron chi connectivity index (χ0n) is 16.1. The maximum absolute atomic E-state index is 12.6. The Morgan fingerprint density at radius 1 is 1.00 bits per heavy atom. The summed E-state index contributed by atoms with van der Waals surface area (Å²) in [7, 11) is 0. The number of rotatable bonds is 7. The number of carbonyl (C=O) groups is 1. The van der Waals surface area contributed by atoms with Gasteiger partial charge in [-0.2, -0.15) is 4.98 Å². The number of fused-ring (bicyclic) bond motifs is 1. The summed E-state index contributed by atoms with van der Waals surface area (Å²) in [5, 5.41) is 6.21. The van der Waals surface area contributed by atoms with E-state index in [0.29, 0.717) is 24.0 Å². The van der Waals surface area contributed by atoms with Crippen LogP contribution >= 0.6 is 0 Å². The average molecular weight is 387 g/mol. The van der Waals surface area contributed by atoms with Gasteiger partial charge in [-0.15, -0.1) is 0 Å². The third-order valence-electron chi connectivity index (χ3n) is 4.64. The van der Waals surface area contributed by atoms with Gasteiger partial charge in [0.2, 0.25) is 11.7 Å². The number of amides is 1. The zero-order valence-corrected chi connectivity index (χ0v) is 16.1. The first-order valence-electron chi connectivity index (χ1n) is 9.50. The van der Waals surface area contributed by atoms with Crippen molar-refractivity contribution in [1.82, 2.24) is 15.0 Å². The molecule has 0 N–H and O–H groups in total. The SMILES string of the molecule is CCN(Cc1nc(-c2ccccc2)no1)C(=O)COc1ccc2ccccc2c1. The van der Waals surface area contributed by atoms with Crippen LogP contribution in [0.5, 0.6) is 5.75 Å². The predicted octanol–water partition coefficient (Wildman–Crippen LogP) is 4.32. The first-order valence-corrected chi connectivity index (χ1v) is 9.50. The van der Waals surface area contributed by atoms with E-state index >= 15 is 0 Å². The Hall–Kier alpha value is -3.67. The zero-order chi connectivity index (χ0) is 20.1. The number of aromatic nitrogens is 2. The minimum atomic E-state index is -0.139. The number of ether oxygens (including phenoxy) is 1. The highest BCUT2D eigenvalue weighted by Gasteiger charge is 2.17. The van der Waals surface area contributed by atoms with Crippen molar-refractivity contribution in [3.8, 4) is 17.1 Å². The average Bonchev–Trinajstić information content (AvgIpc) is 3.25. The Morgan fingerprint density at radius 3 is 2.55 bits per heavy atom. The van der Waals surface area contributed by atoms with E-state index in [1.807, 2.05) is 79.7 Å². The summed E-state index contributed by atoms with van der Waals surface area (Å²) in [6.45, 7) is 2.62. The normalized spacial score (nSPS) is 10.8. The molecule has 4 rings (SSSR count). The fraction of sp³-hybridized carbons (Fsp3) is 0.174. The van der Waals surface area contributed by atoms with Crippen LogP contribution in [0.2, 0.25) is 0 Å². The number of likely N-dealkylation sites (N-methyl/N-ethyl adjacent to an activating group) is 1. The maximum atomic E-state index is 12.6. The van der Waals surface area contributed by atoms with Crippen LogP contribution in [-0.4, -0.2) is 34.1 Å². The van der Waals surface area contributed by atoms with E-state index in [1.54, 1.807) is 4.90 Å². The lowest BCUT2D eigenvalue weighted by molar-refractivity contribution is -0.134. The molecule has 146 valence electrons. The van der Waals surface area contributed by atoms with Gasteiger partial charge in [0.05, 0.1) is 0 Å². The highest BCUT2D eigenvalue weighted by atomic mass is 16.5. The Labute approximate surface area is 168 Å². The van der Waals surface area contributed by atoms with Gasteiger partial charge in [-0.25, -0.2) is 0 Å². The Morgan fingerprint density at radius 2 is 1.76 bits per heavy atom. The lowest BCUT2D eigenvalue weighted by Gasteiger charge is -2.19. The third-order valence-corrected chi connectivity index (χ3v) is 4.64. The van der Waals surface area contributed by atoms with Crippen LogP contribution in [0, 0.1) is 0 Å². The summed E-state index contributed by atoms with van der Waals surface area (Å²) in [6.07, 6.45) is 0. The standard InChI is InChI=1S/C23H21N3O3/c1-2-26(15-21-24-23(25-29-21)18-9-4-3-5-10-18)22(27)16-28-20-13-12-17-8-6-7-11-19(17)14-20/h3-14H,2,15-16H2,1H3. The second kappa shape index (κ2) is 8.56. The molecule has 0 aliphatic rings. The molecule has 0 saturated heterocycles. The Kier molecular flexibility index (Phi) is 5.52. The quantitative estimate of drug-likeness (QED) is 0.472. The molecule has 0 saturated carbocycles. The highest BCUT2D eigenvalue weighted by Crippen LogP contribution is 2.21. The molecule has 1 heterocycles. The largest absolute Gasteiger partial charge is 0.484 e. The number of benzene rings is 3. The van der Waals surface area contributed by atoms with Gasteiger partial charge in [-0.1, -0.05) is 65.8 Å². The van der Waals surface area contributed by atoms with Gasteiger partial charge < -0.3 is 14.2 Å². The monoisotopic (exact) mass is 387 g/mol. The van der Waals surface area contributed by atoms with Gasteiger partial charge in [0, 0.05) is 12.1 Å². The van der Waals surface area contributed by atoms with Crippen molar-refractivity contribution in [2.24, 2.45) is 0 Å². The molecule has 0 radical (unpaired) electrons. The molecule has 0 aliphatic carbocycles. The predicted molar refractivity (Wildman–Crippen MR) is 110 cm³/mol. The molecule has 0 bridgehead atoms. The summed E-state index contributed by atoms with van der Waals surface area (Å²) in [5.74, 6) is 1.43. The Balaban J connectivity index is 1.38. The van der Waals surface area contributed by atoms with E-state index in [1.165, 1.54) is 0 Å². The van der Waals surface area contributed by atoms with E-state index in [2.05, 4.69) is 10.1 Å². The summed E-state index contributed by atoms with van der Waals surface area (Å²) >= 11 is 0. The number of carbonyl (C=O) groups excluding carboxylic acids is 1. The minimum Gasteiger partial charge on any atom is -0.484 e. The van der Waals surface area contributed by atoms with Crippen molar-refractivity contribution in [3.63, 3.8) is 0 Å². The van der Waals surface area contributed by atoms with Crippen molar-refractivity contribution in [1.29, 1.82) is 0 Å². The van der Waals surface area contributed by atoms with Crippen molar-refractivity contribution in [2.45, 2.75) is 13.5 Å². The summed E-state index contributed by atoms with van der Waals surface area (Å²) in [4.78, 5) is 18.6. The van der Waals surface area contributed by atoms with Gasteiger partial charge >= 0.3 is 0 Å². The third kappa shape index (κ3) is 4.43. The van der Waals surface area contributed by atoms with Gasteiger partial charge in [0.15, 0.2) is 6.61 Å². The smallest absolute Gasteiger partial charge is 0.260 e. The molecule has 0 atom stereocenters. The molecule has 6 nitrogen and oxygen atoms in total. The first kappa shape index (κ1) is 18.7. The molecule has 4 aromatic rings. The fourth-order valence-electron chi connectivity index (χ4n) is 3.06. The molecule has 0 spiro atoms. The van der Waals surface area contributed by atoms with Crippen molar-refractivity contribution in [2.75, 3.05) is 13.2 Å². The minimum absolute atomic E-state index is 0.0497. The molecule has 1 aromatic heterocycles. The van der Waals surface area contributed by atoms with Crippen LogP contribution in [0.4, 0.5) is 0 Å². The van der Waals surface area contributed by atoms with Crippen molar-refractivity contribution >= 4 is 16.7 Å².